The highest BCUT2D eigenvalue weighted by Crippen LogP contribution is 2.34. The molecule has 5 rings (SSSR count). The first kappa shape index (κ1) is 20.7. The Labute approximate surface area is 191 Å². The summed E-state index contributed by atoms with van der Waals surface area (Å²) in [4.78, 5) is 10.8. The zero-order valence-corrected chi connectivity index (χ0v) is 18.2. The number of fused-ring (bicyclic) bond motifs is 1. The molecule has 0 saturated carbocycles. The first-order chi connectivity index (χ1) is 16.1. The van der Waals surface area contributed by atoms with Crippen molar-refractivity contribution < 1.29 is 4.74 Å². The van der Waals surface area contributed by atoms with Crippen LogP contribution in [0.2, 0.25) is 0 Å². The van der Waals surface area contributed by atoms with E-state index in [9.17, 15) is 0 Å². The minimum atomic E-state index is 0.0743. The van der Waals surface area contributed by atoms with Gasteiger partial charge in [0.1, 0.15) is 35.2 Å². The highest BCUT2D eigenvalue weighted by Gasteiger charge is 2.27. The lowest BCUT2D eigenvalue weighted by atomic mass is 10.1. The topological polar surface area (TPSA) is 106 Å². The lowest BCUT2D eigenvalue weighted by Gasteiger charge is -2.33. The number of likely N-dealkylation sites (tertiary alicyclic amines) is 1. The Kier molecular flexibility index (Phi) is 5.48. The second-order valence-electron chi connectivity index (χ2n) is 8.02. The quantitative estimate of drug-likeness (QED) is 0.346. The van der Waals surface area contributed by atoms with Gasteiger partial charge in [0.2, 0.25) is 0 Å². The third kappa shape index (κ3) is 4.03. The van der Waals surface area contributed by atoms with Crippen molar-refractivity contribution in [2.75, 3.05) is 18.8 Å². The summed E-state index contributed by atoms with van der Waals surface area (Å²) in [6.45, 7) is 5.25. The Morgan fingerprint density at radius 2 is 1.85 bits per heavy atom. The van der Waals surface area contributed by atoms with Gasteiger partial charge in [-0.1, -0.05) is 24.8 Å². The van der Waals surface area contributed by atoms with Gasteiger partial charge in [-0.05, 0) is 55.3 Å². The number of nitrogen functional groups attached to an aromatic ring is 1. The summed E-state index contributed by atoms with van der Waals surface area (Å²) in [5.74, 6) is 2.35. The molecule has 8 nitrogen and oxygen atoms in total. The predicted molar refractivity (Wildman–Crippen MR) is 129 cm³/mol. The van der Waals surface area contributed by atoms with E-state index in [2.05, 4.69) is 16.5 Å². The lowest BCUT2D eigenvalue weighted by Crippen LogP contribution is -2.39. The first-order valence-corrected chi connectivity index (χ1v) is 10.9. The molecule has 0 spiro atoms. The molecular weight excluding hydrogens is 414 g/mol. The van der Waals surface area contributed by atoms with Crippen LogP contribution < -0.4 is 10.5 Å². The second kappa shape index (κ2) is 8.74. The SMILES string of the molecule is C=CC(=N)N1CCC[C@@H](n2nc(-c3ccc(Oc4ccccc4)cc3)c3c(N)ncnc32)C1. The van der Waals surface area contributed by atoms with Gasteiger partial charge in [0.15, 0.2) is 5.65 Å². The van der Waals surface area contributed by atoms with Crippen molar-refractivity contribution in [1.29, 1.82) is 5.41 Å². The number of nitrogens with two attached hydrogens (primary N) is 1. The minimum absolute atomic E-state index is 0.0743. The standard InChI is InChI=1S/C25H25N7O/c1-2-21(26)31-14-6-7-18(15-31)32-25-22(24(27)28-16-29-25)23(30-32)17-10-12-20(13-11-17)33-19-8-4-3-5-9-19/h2-5,8-13,16,18,26H,1,6-7,14-15H2,(H2,27,28,29)/t18-/m1/s1. The van der Waals surface area contributed by atoms with Crippen molar-refractivity contribution >= 4 is 22.7 Å². The zero-order valence-electron chi connectivity index (χ0n) is 18.2. The summed E-state index contributed by atoms with van der Waals surface area (Å²) in [6.07, 6.45) is 4.96. The van der Waals surface area contributed by atoms with Crippen LogP contribution in [0.15, 0.2) is 73.6 Å². The van der Waals surface area contributed by atoms with Crippen LogP contribution >= 0.6 is 0 Å². The van der Waals surface area contributed by atoms with Crippen LogP contribution in [0.25, 0.3) is 22.3 Å². The molecule has 2 aromatic carbocycles. The predicted octanol–water partition coefficient (Wildman–Crippen LogP) is 4.67. The van der Waals surface area contributed by atoms with E-state index in [0.717, 1.165) is 47.5 Å². The molecule has 0 bridgehead atoms. The molecule has 3 heterocycles. The maximum Gasteiger partial charge on any atom is 0.164 e. The summed E-state index contributed by atoms with van der Waals surface area (Å²) in [7, 11) is 0. The van der Waals surface area contributed by atoms with Crippen LogP contribution in [0, 0.1) is 5.41 Å². The van der Waals surface area contributed by atoms with Crippen molar-refractivity contribution in [3.05, 3.63) is 73.6 Å². The van der Waals surface area contributed by atoms with Gasteiger partial charge in [0.25, 0.3) is 0 Å². The third-order valence-electron chi connectivity index (χ3n) is 5.90. The Hall–Kier alpha value is -4.20. The number of amidine groups is 1. The molecule has 1 fully saturated rings. The number of hydrogen-bond acceptors (Lipinski definition) is 6. The van der Waals surface area contributed by atoms with Gasteiger partial charge in [-0.2, -0.15) is 5.10 Å². The van der Waals surface area contributed by atoms with E-state index in [0.29, 0.717) is 23.8 Å². The fourth-order valence-electron chi connectivity index (χ4n) is 4.26. The number of benzene rings is 2. The van der Waals surface area contributed by atoms with Gasteiger partial charge in [-0.25, -0.2) is 14.6 Å². The smallest absolute Gasteiger partial charge is 0.164 e. The van der Waals surface area contributed by atoms with E-state index in [4.69, 9.17) is 21.0 Å². The number of ether oxygens (including phenoxy) is 1. The number of anilines is 1. The van der Waals surface area contributed by atoms with Crippen molar-refractivity contribution in [3.8, 4) is 22.8 Å². The molecule has 1 saturated heterocycles. The summed E-state index contributed by atoms with van der Waals surface area (Å²) >= 11 is 0. The van der Waals surface area contributed by atoms with E-state index < -0.39 is 0 Å². The van der Waals surface area contributed by atoms with E-state index in [1.54, 1.807) is 6.08 Å². The van der Waals surface area contributed by atoms with Gasteiger partial charge in [0, 0.05) is 18.7 Å². The fraction of sp³-hybridized carbons (Fsp3) is 0.200. The van der Waals surface area contributed by atoms with Crippen LogP contribution in [0.4, 0.5) is 5.82 Å². The summed E-state index contributed by atoms with van der Waals surface area (Å²) in [5.41, 5.74) is 8.64. The van der Waals surface area contributed by atoms with Crippen molar-refractivity contribution in [3.63, 3.8) is 0 Å². The second-order valence-corrected chi connectivity index (χ2v) is 8.02. The molecule has 1 aliphatic heterocycles. The molecule has 0 aliphatic carbocycles. The van der Waals surface area contributed by atoms with Gasteiger partial charge in [0.05, 0.1) is 11.4 Å². The normalized spacial score (nSPS) is 16.0. The van der Waals surface area contributed by atoms with E-state index in [-0.39, 0.29) is 6.04 Å². The Balaban J connectivity index is 1.50. The molecule has 1 aliphatic rings. The first-order valence-electron chi connectivity index (χ1n) is 10.9. The summed E-state index contributed by atoms with van der Waals surface area (Å²) in [6, 6.07) is 17.5. The Bertz CT molecular complexity index is 1300. The number of aromatic nitrogens is 4. The highest BCUT2D eigenvalue weighted by molar-refractivity contribution is 5.98. The van der Waals surface area contributed by atoms with Crippen LogP contribution in [0.1, 0.15) is 18.9 Å². The lowest BCUT2D eigenvalue weighted by molar-refractivity contribution is 0.250. The number of para-hydroxylation sites is 1. The number of piperidine rings is 1. The molecule has 0 radical (unpaired) electrons. The molecule has 3 N–H and O–H groups in total. The third-order valence-corrected chi connectivity index (χ3v) is 5.90. The molecule has 0 amide bonds. The van der Waals surface area contributed by atoms with Crippen LogP contribution in [-0.4, -0.2) is 43.6 Å². The zero-order chi connectivity index (χ0) is 22.8. The van der Waals surface area contributed by atoms with Gasteiger partial charge < -0.3 is 15.4 Å². The maximum atomic E-state index is 8.14. The van der Waals surface area contributed by atoms with E-state index in [1.165, 1.54) is 6.33 Å². The number of nitrogens with one attached hydrogen (secondary N) is 1. The summed E-state index contributed by atoms with van der Waals surface area (Å²) in [5, 5.41) is 13.8. The highest BCUT2D eigenvalue weighted by atomic mass is 16.5. The van der Waals surface area contributed by atoms with Crippen molar-refractivity contribution in [1.82, 2.24) is 24.6 Å². The van der Waals surface area contributed by atoms with Crippen LogP contribution in [-0.2, 0) is 0 Å². The van der Waals surface area contributed by atoms with Crippen molar-refractivity contribution in [2.24, 2.45) is 0 Å². The number of nitrogens with zero attached hydrogens (tertiary/aromatic N) is 5. The molecule has 33 heavy (non-hydrogen) atoms. The van der Waals surface area contributed by atoms with E-state index in [1.807, 2.05) is 64.2 Å². The molecule has 8 heteroatoms. The fourth-order valence-corrected chi connectivity index (χ4v) is 4.26. The molecule has 166 valence electrons. The molecule has 1 atom stereocenters. The maximum absolute atomic E-state index is 8.14. The molecular formula is C25H25N7O. The number of hydrogen-bond donors (Lipinski definition) is 2. The van der Waals surface area contributed by atoms with Gasteiger partial charge >= 0.3 is 0 Å². The van der Waals surface area contributed by atoms with Crippen LogP contribution in [0.3, 0.4) is 0 Å². The average molecular weight is 440 g/mol. The largest absolute Gasteiger partial charge is 0.457 e. The van der Waals surface area contributed by atoms with E-state index >= 15 is 0 Å². The van der Waals surface area contributed by atoms with Crippen LogP contribution in [0.5, 0.6) is 11.5 Å². The van der Waals surface area contributed by atoms with Gasteiger partial charge in [-0.3, -0.25) is 5.41 Å². The van der Waals surface area contributed by atoms with Crippen molar-refractivity contribution in [2.45, 2.75) is 18.9 Å². The molecule has 2 aromatic heterocycles. The molecule has 4 aromatic rings. The Morgan fingerprint density at radius 3 is 2.61 bits per heavy atom. The Morgan fingerprint density at radius 1 is 1.09 bits per heavy atom. The summed E-state index contributed by atoms with van der Waals surface area (Å²) < 4.78 is 7.86. The monoisotopic (exact) mass is 439 g/mol. The minimum Gasteiger partial charge on any atom is -0.457 e. The van der Waals surface area contributed by atoms with Gasteiger partial charge in [-0.15, -0.1) is 0 Å². The average Bonchev–Trinajstić information content (AvgIpc) is 3.26. The number of rotatable bonds is 5. The molecule has 0 unspecified atom stereocenters.